The average Bonchev–Trinajstić information content (AvgIpc) is 2.33. The number of likely N-dealkylation sites (tertiary alicyclic amines) is 1. The third-order valence-electron chi connectivity index (χ3n) is 2.95. The molecule has 0 aromatic carbocycles. The van der Waals surface area contributed by atoms with Crippen molar-refractivity contribution in [3.63, 3.8) is 0 Å². The van der Waals surface area contributed by atoms with Crippen LogP contribution in [-0.4, -0.2) is 63.0 Å². The molecule has 1 fully saturated rings. The topological polar surface area (TPSA) is 99.2 Å². The van der Waals surface area contributed by atoms with Gasteiger partial charge < -0.3 is 9.47 Å². The number of carbonyl (C=O) groups excluding carboxylic acids is 2. The number of amides is 1. The molecule has 0 unspecified atom stereocenters. The van der Waals surface area contributed by atoms with Crippen LogP contribution < -0.4 is 0 Å². The Hall–Kier alpha value is -1.35. The van der Waals surface area contributed by atoms with E-state index in [-0.39, 0.29) is 13.0 Å². The molecule has 1 aliphatic rings. The summed E-state index contributed by atoms with van der Waals surface area (Å²) in [5, 5.41) is 0. The van der Waals surface area contributed by atoms with Crippen LogP contribution in [0.25, 0.3) is 0 Å². The number of piperidine rings is 1. The Bertz CT molecular complexity index is 523. The van der Waals surface area contributed by atoms with Crippen molar-refractivity contribution < 1.29 is 31.7 Å². The Morgan fingerprint density at radius 3 is 2.23 bits per heavy atom. The van der Waals surface area contributed by atoms with Gasteiger partial charge in [0.2, 0.25) is 0 Å². The lowest BCUT2D eigenvalue weighted by Crippen LogP contribution is -2.54. The number of ether oxygens (including phenoxy) is 2. The van der Waals surface area contributed by atoms with Crippen molar-refractivity contribution in [1.82, 2.24) is 4.90 Å². The Morgan fingerprint density at radius 1 is 1.18 bits per heavy atom. The van der Waals surface area contributed by atoms with Crippen LogP contribution in [0.5, 0.6) is 0 Å². The molecule has 128 valence electrons. The molecule has 0 aromatic heterocycles. The zero-order chi connectivity index (χ0) is 17.1. The zero-order valence-electron chi connectivity index (χ0n) is 13.5. The van der Waals surface area contributed by atoms with Crippen molar-refractivity contribution in [1.29, 1.82) is 0 Å². The first kappa shape index (κ1) is 18.7. The Balaban J connectivity index is 2.91. The highest BCUT2D eigenvalue weighted by atomic mass is 32.2. The monoisotopic (exact) mass is 337 g/mol. The summed E-state index contributed by atoms with van der Waals surface area (Å²) in [6, 6.07) is -0.806. The molecule has 1 rings (SSSR count). The van der Waals surface area contributed by atoms with E-state index in [2.05, 4.69) is 4.74 Å². The molecule has 0 radical (unpaired) electrons. The quantitative estimate of drug-likeness (QED) is 0.557. The third kappa shape index (κ3) is 5.80. The Labute approximate surface area is 130 Å². The van der Waals surface area contributed by atoms with E-state index in [0.717, 1.165) is 11.2 Å². The standard InChI is InChI=1S/C13H23NO7S/c1-13(2,3)20-12(16)14-8-9(21-22(5,17)18)6-7-10(14)11(15)19-4/h9-10H,6-8H2,1-5H3/t9-,10-/m1/s1. The van der Waals surface area contributed by atoms with Gasteiger partial charge in [-0.3, -0.25) is 9.08 Å². The van der Waals surface area contributed by atoms with Gasteiger partial charge in [-0.05, 0) is 33.6 Å². The predicted molar refractivity (Wildman–Crippen MR) is 77.7 cm³/mol. The van der Waals surface area contributed by atoms with E-state index < -0.39 is 39.9 Å². The van der Waals surface area contributed by atoms with Crippen molar-refractivity contribution in [2.75, 3.05) is 19.9 Å². The number of rotatable bonds is 3. The molecule has 0 saturated carbocycles. The average molecular weight is 337 g/mol. The maximum absolute atomic E-state index is 12.2. The SMILES string of the molecule is COC(=O)[C@H]1CC[C@@H](OS(C)(=O)=O)CN1C(=O)OC(C)(C)C. The van der Waals surface area contributed by atoms with Crippen LogP contribution in [0, 0.1) is 0 Å². The molecule has 1 saturated heterocycles. The van der Waals surface area contributed by atoms with Crippen molar-refractivity contribution in [3.05, 3.63) is 0 Å². The summed E-state index contributed by atoms with van der Waals surface area (Å²) in [6.45, 7) is 5.05. The second-order valence-electron chi connectivity index (χ2n) is 6.17. The van der Waals surface area contributed by atoms with Gasteiger partial charge in [-0.15, -0.1) is 0 Å². The number of hydrogen-bond acceptors (Lipinski definition) is 7. The maximum atomic E-state index is 12.2. The van der Waals surface area contributed by atoms with Crippen LogP contribution in [0.3, 0.4) is 0 Å². The van der Waals surface area contributed by atoms with E-state index in [0.29, 0.717) is 6.42 Å². The number of nitrogens with zero attached hydrogens (tertiary/aromatic N) is 1. The highest BCUT2D eigenvalue weighted by molar-refractivity contribution is 7.86. The normalized spacial score (nSPS) is 23.0. The minimum atomic E-state index is -3.65. The largest absolute Gasteiger partial charge is 0.467 e. The first-order chi connectivity index (χ1) is 9.93. The fourth-order valence-corrected chi connectivity index (χ4v) is 2.82. The van der Waals surface area contributed by atoms with Crippen molar-refractivity contribution >= 4 is 22.2 Å². The van der Waals surface area contributed by atoms with E-state index in [1.165, 1.54) is 7.11 Å². The van der Waals surface area contributed by atoms with Crippen molar-refractivity contribution in [3.8, 4) is 0 Å². The summed E-state index contributed by atoms with van der Waals surface area (Å²) in [7, 11) is -2.42. The van der Waals surface area contributed by atoms with E-state index in [1.807, 2.05) is 0 Å². The lowest BCUT2D eigenvalue weighted by Gasteiger charge is -2.37. The van der Waals surface area contributed by atoms with Gasteiger partial charge in [-0.2, -0.15) is 8.42 Å². The van der Waals surface area contributed by atoms with Gasteiger partial charge in [0, 0.05) is 0 Å². The van der Waals surface area contributed by atoms with E-state index in [1.54, 1.807) is 20.8 Å². The van der Waals surface area contributed by atoms with Crippen LogP contribution in [-0.2, 0) is 28.6 Å². The van der Waals surface area contributed by atoms with E-state index in [9.17, 15) is 18.0 Å². The van der Waals surface area contributed by atoms with Gasteiger partial charge in [0.25, 0.3) is 10.1 Å². The molecule has 1 heterocycles. The summed E-state index contributed by atoms with van der Waals surface area (Å²) >= 11 is 0. The number of hydrogen-bond donors (Lipinski definition) is 0. The number of carbonyl (C=O) groups is 2. The molecule has 8 nitrogen and oxygen atoms in total. The molecular weight excluding hydrogens is 314 g/mol. The minimum Gasteiger partial charge on any atom is -0.467 e. The summed E-state index contributed by atoms with van der Waals surface area (Å²) in [6.07, 6.45) is 0.100. The van der Waals surface area contributed by atoms with Crippen LogP contribution in [0.15, 0.2) is 0 Å². The minimum absolute atomic E-state index is 0.0538. The predicted octanol–water partition coefficient (Wildman–Crippen LogP) is 0.904. The summed E-state index contributed by atoms with van der Waals surface area (Å²) < 4.78 is 37.3. The smallest absolute Gasteiger partial charge is 0.411 e. The molecule has 22 heavy (non-hydrogen) atoms. The fourth-order valence-electron chi connectivity index (χ4n) is 2.17. The molecule has 2 atom stereocenters. The molecule has 0 bridgehead atoms. The Kier molecular flexibility index (Phi) is 5.80. The molecule has 1 aliphatic heterocycles. The summed E-state index contributed by atoms with van der Waals surface area (Å²) in [5.74, 6) is -0.566. The highest BCUT2D eigenvalue weighted by Gasteiger charge is 2.40. The maximum Gasteiger partial charge on any atom is 0.411 e. The van der Waals surface area contributed by atoms with E-state index >= 15 is 0 Å². The first-order valence-electron chi connectivity index (χ1n) is 6.88. The molecular formula is C13H23NO7S. The summed E-state index contributed by atoms with van der Waals surface area (Å²) in [5.41, 5.74) is -0.734. The lowest BCUT2D eigenvalue weighted by atomic mass is 10.0. The van der Waals surface area contributed by atoms with Gasteiger partial charge in [-0.25, -0.2) is 9.59 Å². The molecule has 0 aromatic rings. The van der Waals surface area contributed by atoms with Crippen molar-refractivity contribution in [2.45, 2.75) is 51.4 Å². The van der Waals surface area contributed by atoms with Crippen LogP contribution in [0.2, 0.25) is 0 Å². The van der Waals surface area contributed by atoms with Crippen LogP contribution >= 0.6 is 0 Å². The van der Waals surface area contributed by atoms with Gasteiger partial charge >= 0.3 is 12.1 Å². The number of esters is 1. The third-order valence-corrected chi connectivity index (χ3v) is 3.57. The van der Waals surface area contributed by atoms with Gasteiger partial charge in [0.05, 0.1) is 26.0 Å². The molecule has 1 amide bonds. The van der Waals surface area contributed by atoms with Gasteiger partial charge in [0.1, 0.15) is 11.6 Å². The lowest BCUT2D eigenvalue weighted by molar-refractivity contribution is -0.149. The second-order valence-corrected chi connectivity index (χ2v) is 7.77. The fraction of sp³-hybridized carbons (Fsp3) is 0.846. The van der Waals surface area contributed by atoms with Gasteiger partial charge in [0.15, 0.2) is 0 Å². The molecule has 0 N–H and O–H groups in total. The second kappa shape index (κ2) is 6.82. The van der Waals surface area contributed by atoms with Crippen LogP contribution in [0.1, 0.15) is 33.6 Å². The first-order valence-corrected chi connectivity index (χ1v) is 8.70. The Morgan fingerprint density at radius 2 is 1.77 bits per heavy atom. The molecule has 9 heteroatoms. The van der Waals surface area contributed by atoms with E-state index in [4.69, 9.17) is 8.92 Å². The molecule has 0 spiro atoms. The van der Waals surface area contributed by atoms with Crippen LogP contribution in [0.4, 0.5) is 4.79 Å². The van der Waals surface area contributed by atoms with Gasteiger partial charge in [-0.1, -0.05) is 0 Å². The van der Waals surface area contributed by atoms with Crippen molar-refractivity contribution in [2.24, 2.45) is 0 Å². The summed E-state index contributed by atoms with van der Waals surface area (Å²) in [4.78, 5) is 25.2. The zero-order valence-corrected chi connectivity index (χ0v) is 14.3. The molecule has 0 aliphatic carbocycles. The number of methoxy groups -OCH3 is 1. The highest BCUT2D eigenvalue weighted by Crippen LogP contribution is 2.24.